The van der Waals surface area contributed by atoms with Crippen molar-refractivity contribution in [3.8, 4) is 11.1 Å². The molecule has 1 saturated carbocycles. The second-order valence-electron chi connectivity index (χ2n) is 8.53. The highest BCUT2D eigenvalue weighted by Crippen LogP contribution is 2.43. The van der Waals surface area contributed by atoms with E-state index in [4.69, 9.17) is 4.42 Å². The zero-order valence-corrected chi connectivity index (χ0v) is 19.1. The van der Waals surface area contributed by atoms with Crippen LogP contribution < -0.4 is 11.3 Å². The summed E-state index contributed by atoms with van der Waals surface area (Å²) in [5, 5.41) is 10.2. The van der Waals surface area contributed by atoms with E-state index in [0.29, 0.717) is 18.2 Å². The van der Waals surface area contributed by atoms with Crippen LogP contribution in [0, 0.1) is 11.8 Å². The number of hydrogen-bond acceptors (Lipinski definition) is 5. The predicted octanol–water partition coefficient (Wildman–Crippen LogP) is 4.89. The number of para-hydroxylation sites is 1. The third kappa shape index (κ3) is 4.31. The van der Waals surface area contributed by atoms with Gasteiger partial charge in [0, 0.05) is 16.7 Å². The van der Waals surface area contributed by atoms with Gasteiger partial charge in [0.1, 0.15) is 5.58 Å². The van der Waals surface area contributed by atoms with Crippen molar-refractivity contribution in [2.24, 2.45) is 11.8 Å². The molecule has 1 fully saturated rings. The van der Waals surface area contributed by atoms with Crippen molar-refractivity contribution in [3.63, 3.8) is 0 Å². The minimum Gasteiger partial charge on any atom is -0.481 e. The number of hydrogen-bond donors (Lipinski definition) is 1. The zero-order chi connectivity index (χ0) is 23.7. The molecule has 1 aromatic heterocycles. The molecule has 4 aromatic rings. The average molecular weight is 474 g/mol. The number of thioether (sulfide) groups is 1. The lowest BCUT2D eigenvalue weighted by atomic mass is 9.96. The van der Waals surface area contributed by atoms with Crippen molar-refractivity contribution in [2.75, 3.05) is 0 Å². The highest BCUT2D eigenvalue weighted by molar-refractivity contribution is 8.00. The van der Waals surface area contributed by atoms with Crippen LogP contribution in [0.2, 0.25) is 0 Å². The first-order valence-corrected chi connectivity index (χ1v) is 12.1. The van der Waals surface area contributed by atoms with Crippen molar-refractivity contribution in [1.29, 1.82) is 0 Å². The van der Waals surface area contributed by atoms with E-state index in [0.717, 1.165) is 20.6 Å². The highest BCUT2D eigenvalue weighted by Gasteiger charge is 2.42. The fourth-order valence-corrected chi connectivity index (χ4v) is 6.15. The molecule has 5 rings (SSSR count). The maximum absolute atomic E-state index is 12.9. The van der Waals surface area contributed by atoms with Crippen LogP contribution in [-0.4, -0.2) is 20.9 Å². The van der Waals surface area contributed by atoms with Gasteiger partial charge in [-0.15, -0.1) is 11.8 Å². The molecular formula is C27H23NO5S. The van der Waals surface area contributed by atoms with Crippen molar-refractivity contribution in [1.82, 2.24) is 4.57 Å². The van der Waals surface area contributed by atoms with Crippen LogP contribution in [0.1, 0.15) is 12.8 Å². The SMILES string of the molecule is O=C(O)[C@H]1[C@H](Cn2c(=O)oc3ccccc3c2=O)CC[C@@H]1Sc1ccc(-c2ccccc2)cc1. The summed E-state index contributed by atoms with van der Waals surface area (Å²) in [6.07, 6.45) is 1.32. The van der Waals surface area contributed by atoms with Gasteiger partial charge in [0.25, 0.3) is 5.56 Å². The van der Waals surface area contributed by atoms with E-state index in [9.17, 15) is 19.5 Å². The summed E-state index contributed by atoms with van der Waals surface area (Å²) in [6, 6.07) is 24.8. The second-order valence-corrected chi connectivity index (χ2v) is 9.84. The Morgan fingerprint density at radius 3 is 2.32 bits per heavy atom. The molecule has 0 radical (unpaired) electrons. The monoisotopic (exact) mass is 473 g/mol. The van der Waals surface area contributed by atoms with Gasteiger partial charge >= 0.3 is 11.7 Å². The number of nitrogens with zero attached hydrogens (tertiary/aromatic N) is 1. The standard InChI is InChI=1S/C27H23NO5S/c29-25-21-8-4-5-9-22(21)33-27(32)28(25)16-19-12-15-23(24(19)26(30)31)34-20-13-10-18(11-14-20)17-6-2-1-3-7-17/h1-11,13-14,19,23-24H,12,15-16H2,(H,30,31)/t19-,23-,24-/m0/s1. The van der Waals surface area contributed by atoms with E-state index >= 15 is 0 Å². The van der Waals surface area contributed by atoms with Crippen molar-refractivity contribution in [2.45, 2.75) is 29.5 Å². The number of aromatic nitrogens is 1. The van der Waals surface area contributed by atoms with E-state index in [1.165, 1.54) is 0 Å². The summed E-state index contributed by atoms with van der Waals surface area (Å²) in [4.78, 5) is 38.6. The predicted molar refractivity (Wildman–Crippen MR) is 132 cm³/mol. The minimum atomic E-state index is -0.904. The van der Waals surface area contributed by atoms with Gasteiger partial charge in [0.05, 0.1) is 11.3 Å². The van der Waals surface area contributed by atoms with Crippen LogP contribution in [0.15, 0.2) is 97.8 Å². The zero-order valence-electron chi connectivity index (χ0n) is 18.3. The Morgan fingerprint density at radius 2 is 1.59 bits per heavy atom. The number of fused-ring (bicyclic) bond motifs is 1. The van der Waals surface area contributed by atoms with E-state index in [1.54, 1.807) is 36.0 Å². The molecule has 6 nitrogen and oxygen atoms in total. The molecule has 0 unspecified atom stereocenters. The van der Waals surface area contributed by atoms with Crippen molar-refractivity contribution in [3.05, 3.63) is 99.8 Å². The van der Waals surface area contributed by atoms with Crippen LogP contribution >= 0.6 is 11.8 Å². The molecule has 34 heavy (non-hydrogen) atoms. The summed E-state index contributed by atoms with van der Waals surface area (Å²) >= 11 is 1.55. The number of rotatable bonds is 6. The van der Waals surface area contributed by atoms with Crippen LogP contribution in [0.4, 0.5) is 0 Å². The van der Waals surface area contributed by atoms with Gasteiger partial charge in [-0.2, -0.15) is 0 Å². The number of aliphatic carboxylic acids is 1. The molecule has 0 spiro atoms. The molecule has 0 bridgehead atoms. The largest absolute Gasteiger partial charge is 0.481 e. The van der Waals surface area contributed by atoms with Crippen LogP contribution in [0.25, 0.3) is 22.1 Å². The van der Waals surface area contributed by atoms with Gasteiger partial charge in [-0.05, 0) is 54.2 Å². The Kier molecular flexibility index (Phi) is 6.11. The van der Waals surface area contributed by atoms with Gasteiger partial charge in [-0.3, -0.25) is 9.59 Å². The molecule has 1 aliphatic rings. The van der Waals surface area contributed by atoms with Gasteiger partial charge in [0.2, 0.25) is 0 Å². The maximum atomic E-state index is 12.9. The first kappa shape index (κ1) is 22.2. The van der Waals surface area contributed by atoms with Crippen LogP contribution in [0.3, 0.4) is 0 Å². The highest BCUT2D eigenvalue weighted by atomic mass is 32.2. The molecule has 1 heterocycles. The van der Waals surface area contributed by atoms with Gasteiger partial charge in [-0.25, -0.2) is 9.36 Å². The summed E-state index contributed by atoms with van der Waals surface area (Å²) in [6.45, 7) is 0.0347. The Bertz CT molecular complexity index is 1440. The summed E-state index contributed by atoms with van der Waals surface area (Å²) < 4.78 is 6.35. The van der Waals surface area contributed by atoms with Gasteiger partial charge in [-0.1, -0.05) is 54.6 Å². The number of carbonyl (C=O) groups is 1. The van der Waals surface area contributed by atoms with E-state index in [1.807, 2.05) is 42.5 Å². The smallest absolute Gasteiger partial charge is 0.422 e. The quantitative estimate of drug-likeness (QED) is 0.429. The summed E-state index contributed by atoms with van der Waals surface area (Å²) in [5.74, 6) is -2.66. The lowest BCUT2D eigenvalue weighted by Gasteiger charge is -2.21. The molecule has 0 saturated heterocycles. The fourth-order valence-electron chi connectivity index (χ4n) is 4.77. The molecule has 7 heteroatoms. The Hall–Kier alpha value is -3.58. The summed E-state index contributed by atoms with van der Waals surface area (Å²) in [7, 11) is 0. The Labute approximate surface area is 199 Å². The summed E-state index contributed by atoms with van der Waals surface area (Å²) in [5.41, 5.74) is 2.03. The maximum Gasteiger partial charge on any atom is 0.422 e. The molecule has 1 aliphatic carbocycles. The van der Waals surface area contributed by atoms with Crippen LogP contribution in [0.5, 0.6) is 0 Å². The molecule has 0 aliphatic heterocycles. The Morgan fingerprint density at radius 1 is 0.912 bits per heavy atom. The molecule has 3 aromatic carbocycles. The van der Waals surface area contributed by atoms with Gasteiger partial charge < -0.3 is 9.52 Å². The van der Waals surface area contributed by atoms with E-state index < -0.39 is 23.2 Å². The average Bonchev–Trinajstić information content (AvgIpc) is 3.25. The first-order valence-electron chi connectivity index (χ1n) is 11.2. The van der Waals surface area contributed by atoms with Crippen LogP contribution in [-0.2, 0) is 11.3 Å². The number of benzene rings is 3. The molecule has 0 amide bonds. The Balaban J connectivity index is 1.36. The lowest BCUT2D eigenvalue weighted by molar-refractivity contribution is -0.142. The first-order chi connectivity index (χ1) is 16.5. The lowest BCUT2D eigenvalue weighted by Crippen LogP contribution is -2.37. The van der Waals surface area contributed by atoms with E-state index in [-0.39, 0.29) is 23.3 Å². The molecule has 172 valence electrons. The van der Waals surface area contributed by atoms with Crippen molar-refractivity contribution >= 4 is 28.7 Å². The third-order valence-electron chi connectivity index (χ3n) is 6.46. The minimum absolute atomic E-state index is 0.0347. The normalized spacial score (nSPS) is 19.9. The van der Waals surface area contributed by atoms with Crippen molar-refractivity contribution < 1.29 is 14.3 Å². The molecule has 3 atom stereocenters. The van der Waals surface area contributed by atoms with E-state index in [2.05, 4.69) is 12.1 Å². The number of carboxylic acid groups (broad SMARTS) is 1. The van der Waals surface area contributed by atoms with Gasteiger partial charge in [0.15, 0.2) is 0 Å². The fraction of sp³-hybridized carbons (Fsp3) is 0.222. The second kappa shape index (κ2) is 9.35. The molecule has 1 N–H and O–H groups in total. The third-order valence-corrected chi connectivity index (χ3v) is 7.84. The topological polar surface area (TPSA) is 89.5 Å². The molecular weight excluding hydrogens is 450 g/mol. The number of carboxylic acids is 1.